The van der Waals surface area contributed by atoms with E-state index in [1.807, 2.05) is 29.1 Å². The summed E-state index contributed by atoms with van der Waals surface area (Å²) in [5.74, 6) is 1.34. The van der Waals surface area contributed by atoms with Gasteiger partial charge in [-0.15, -0.1) is 0 Å². The SMILES string of the molecule is O=S(=O)(NCCNc1cc(-n2cccc2)ncn1)c1ccc(-n2cccn2)cc1. The first-order valence-electron chi connectivity index (χ1n) is 8.91. The van der Waals surface area contributed by atoms with Gasteiger partial charge in [0.05, 0.1) is 10.6 Å². The van der Waals surface area contributed by atoms with Gasteiger partial charge in [-0.1, -0.05) is 0 Å². The topological polar surface area (TPSA) is 107 Å². The lowest BCUT2D eigenvalue weighted by Crippen LogP contribution is -2.29. The smallest absolute Gasteiger partial charge is 0.240 e. The molecule has 148 valence electrons. The van der Waals surface area contributed by atoms with Crippen molar-refractivity contribution in [2.45, 2.75) is 4.90 Å². The van der Waals surface area contributed by atoms with Crippen LogP contribution in [0.3, 0.4) is 0 Å². The zero-order valence-electron chi connectivity index (χ0n) is 15.4. The lowest BCUT2D eigenvalue weighted by molar-refractivity contribution is 0.583. The zero-order chi connectivity index (χ0) is 20.1. The molecule has 1 aromatic carbocycles. The Bertz CT molecular complexity index is 1160. The number of nitrogens with zero attached hydrogens (tertiary/aromatic N) is 5. The molecule has 0 aliphatic carbocycles. The Kier molecular flexibility index (Phi) is 5.36. The van der Waals surface area contributed by atoms with Crippen LogP contribution in [-0.4, -0.2) is 45.8 Å². The summed E-state index contributed by atoms with van der Waals surface area (Å²) in [6.07, 6.45) is 8.69. The van der Waals surface area contributed by atoms with Crippen LogP contribution in [0.5, 0.6) is 0 Å². The summed E-state index contributed by atoms with van der Waals surface area (Å²) in [6.45, 7) is 0.596. The molecule has 0 atom stereocenters. The van der Waals surface area contributed by atoms with Crippen LogP contribution in [0.25, 0.3) is 11.5 Å². The number of sulfonamides is 1. The predicted molar refractivity (Wildman–Crippen MR) is 109 cm³/mol. The fraction of sp³-hybridized carbons (Fsp3) is 0.105. The van der Waals surface area contributed by atoms with E-state index in [9.17, 15) is 8.42 Å². The summed E-state index contributed by atoms with van der Waals surface area (Å²) in [6, 6.07) is 14.0. The van der Waals surface area contributed by atoms with Gasteiger partial charge in [0, 0.05) is 43.9 Å². The van der Waals surface area contributed by atoms with E-state index in [-0.39, 0.29) is 11.4 Å². The Labute approximate surface area is 168 Å². The Morgan fingerprint density at radius 3 is 2.45 bits per heavy atom. The second kappa shape index (κ2) is 8.25. The molecule has 0 unspecified atom stereocenters. The molecule has 0 aliphatic rings. The minimum Gasteiger partial charge on any atom is -0.369 e. The Hall–Kier alpha value is -3.50. The van der Waals surface area contributed by atoms with Crippen molar-refractivity contribution in [3.63, 3.8) is 0 Å². The minimum absolute atomic E-state index is 0.199. The van der Waals surface area contributed by atoms with Gasteiger partial charge in [-0.3, -0.25) is 0 Å². The molecule has 3 aromatic heterocycles. The number of anilines is 1. The van der Waals surface area contributed by atoms with E-state index in [0.29, 0.717) is 12.4 Å². The molecule has 0 fully saturated rings. The van der Waals surface area contributed by atoms with Gasteiger partial charge in [0.2, 0.25) is 10.0 Å². The van der Waals surface area contributed by atoms with Crippen LogP contribution in [-0.2, 0) is 10.0 Å². The highest BCUT2D eigenvalue weighted by atomic mass is 32.2. The summed E-state index contributed by atoms with van der Waals surface area (Å²) < 4.78 is 31.0. The summed E-state index contributed by atoms with van der Waals surface area (Å²) in [7, 11) is -3.60. The third-order valence-electron chi connectivity index (χ3n) is 4.16. The highest BCUT2D eigenvalue weighted by Gasteiger charge is 2.13. The Morgan fingerprint density at radius 1 is 0.931 bits per heavy atom. The predicted octanol–water partition coefficient (Wildman–Crippen LogP) is 1.84. The van der Waals surface area contributed by atoms with Gasteiger partial charge in [0.25, 0.3) is 0 Å². The molecule has 0 saturated carbocycles. The van der Waals surface area contributed by atoms with Crippen molar-refractivity contribution in [1.82, 2.24) is 29.0 Å². The molecular formula is C19H19N7O2S. The van der Waals surface area contributed by atoms with Crippen molar-refractivity contribution >= 4 is 15.8 Å². The van der Waals surface area contributed by atoms with Crippen LogP contribution in [0.4, 0.5) is 5.82 Å². The molecule has 29 heavy (non-hydrogen) atoms. The van der Waals surface area contributed by atoms with Crippen molar-refractivity contribution in [1.29, 1.82) is 0 Å². The summed E-state index contributed by atoms with van der Waals surface area (Å²) in [5, 5.41) is 7.22. The molecule has 0 radical (unpaired) electrons. The van der Waals surface area contributed by atoms with Crippen LogP contribution in [0.15, 0.2) is 84.5 Å². The van der Waals surface area contributed by atoms with Crippen LogP contribution in [0.1, 0.15) is 0 Å². The van der Waals surface area contributed by atoms with E-state index in [0.717, 1.165) is 11.5 Å². The van der Waals surface area contributed by atoms with Crippen LogP contribution in [0.2, 0.25) is 0 Å². The largest absolute Gasteiger partial charge is 0.369 e. The molecule has 0 saturated heterocycles. The van der Waals surface area contributed by atoms with Crippen molar-refractivity contribution in [3.8, 4) is 11.5 Å². The van der Waals surface area contributed by atoms with Crippen LogP contribution in [0, 0.1) is 0 Å². The molecule has 0 amide bonds. The maximum atomic E-state index is 12.5. The molecular weight excluding hydrogens is 390 g/mol. The number of aromatic nitrogens is 5. The molecule has 0 aliphatic heterocycles. The molecule has 2 N–H and O–H groups in total. The summed E-state index contributed by atoms with van der Waals surface area (Å²) >= 11 is 0. The number of hydrogen-bond donors (Lipinski definition) is 2. The molecule has 9 nitrogen and oxygen atoms in total. The molecule has 0 bridgehead atoms. The maximum Gasteiger partial charge on any atom is 0.240 e. The molecule has 3 heterocycles. The summed E-state index contributed by atoms with van der Waals surface area (Å²) in [5.41, 5.74) is 0.790. The number of rotatable bonds is 8. The van der Waals surface area contributed by atoms with Crippen LogP contribution >= 0.6 is 0 Å². The van der Waals surface area contributed by atoms with Crippen molar-refractivity contribution in [2.24, 2.45) is 0 Å². The molecule has 4 aromatic rings. The second-order valence-electron chi connectivity index (χ2n) is 6.12. The zero-order valence-corrected chi connectivity index (χ0v) is 16.2. The van der Waals surface area contributed by atoms with Crippen molar-refractivity contribution < 1.29 is 8.42 Å². The lowest BCUT2D eigenvalue weighted by Gasteiger charge is -2.10. The molecule has 4 rings (SSSR count). The van der Waals surface area contributed by atoms with Crippen molar-refractivity contribution in [2.75, 3.05) is 18.4 Å². The Balaban J connectivity index is 1.32. The maximum absolute atomic E-state index is 12.5. The second-order valence-corrected chi connectivity index (χ2v) is 7.89. The van der Waals surface area contributed by atoms with E-state index in [1.54, 1.807) is 53.5 Å². The normalized spacial score (nSPS) is 11.4. The third-order valence-corrected chi connectivity index (χ3v) is 5.64. The monoisotopic (exact) mass is 409 g/mol. The minimum atomic E-state index is -3.60. The van der Waals surface area contributed by atoms with Gasteiger partial charge in [-0.2, -0.15) is 5.10 Å². The van der Waals surface area contributed by atoms with Crippen LogP contribution < -0.4 is 10.0 Å². The van der Waals surface area contributed by atoms with E-state index in [2.05, 4.69) is 25.1 Å². The van der Waals surface area contributed by atoms with E-state index in [1.165, 1.54) is 6.33 Å². The first kappa shape index (κ1) is 18.8. The van der Waals surface area contributed by atoms with Gasteiger partial charge >= 0.3 is 0 Å². The summed E-state index contributed by atoms with van der Waals surface area (Å²) in [4.78, 5) is 8.56. The number of benzene rings is 1. The number of hydrogen-bond acceptors (Lipinski definition) is 6. The molecule has 10 heteroatoms. The van der Waals surface area contributed by atoms with Gasteiger partial charge < -0.3 is 9.88 Å². The Morgan fingerprint density at radius 2 is 1.72 bits per heavy atom. The number of nitrogens with one attached hydrogen (secondary N) is 2. The van der Waals surface area contributed by atoms with E-state index < -0.39 is 10.0 Å². The highest BCUT2D eigenvalue weighted by Crippen LogP contribution is 2.13. The average Bonchev–Trinajstić information content (AvgIpc) is 3.46. The quantitative estimate of drug-likeness (QED) is 0.430. The molecule has 0 spiro atoms. The first-order valence-corrected chi connectivity index (χ1v) is 10.4. The van der Waals surface area contributed by atoms with Crippen molar-refractivity contribution in [3.05, 3.63) is 79.6 Å². The van der Waals surface area contributed by atoms with E-state index in [4.69, 9.17) is 0 Å². The van der Waals surface area contributed by atoms with Gasteiger partial charge in [0.1, 0.15) is 18.0 Å². The lowest BCUT2D eigenvalue weighted by atomic mass is 10.3. The van der Waals surface area contributed by atoms with Gasteiger partial charge in [-0.25, -0.2) is 27.8 Å². The first-order chi connectivity index (χ1) is 14.1. The standard InChI is InChI=1S/C19H19N7O2S/c27-29(28,17-6-4-16(5-7-17)26-13-3-8-23-26)24-10-9-20-18-14-19(22-15-21-18)25-11-1-2-12-25/h1-8,11-15,24H,9-10H2,(H,20,21,22). The fourth-order valence-corrected chi connectivity index (χ4v) is 3.76. The average molecular weight is 409 g/mol. The van der Waals surface area contributed by atoms with Gasteiger partial charge in [-0.05, 0) is 42.5 Å². The third kappa shape index (κ3) is 4.50. The highest BCUT2D eigenvalue weighted by molar-refractivity contribution is 7.89. The van der Waals surface area contributed by atoms with Gasteiger partial charge in [0.15, 0.2) is 0 Å². The van der Waals surface area contributed by atoms with E-state index >= 15 is 0 Å². The fourth-order valence-electron chi connectivity index (χ4n) is 2.73.